The molecule has 2 rings (SSSR count). The third kappa shape index (κ3) is 5.90. The molecule has 0 aliphatic carbocycles. The lowest BCUT2D eigenvalue weighted by molar-refractivity contribution is -0.137. The molecule has 0 aliphatic rings. The molecule has 6 nitrogen and oxygen atoms in total. The second-order valence-electron chi connectivity index (χ2n) is 5.75. The number of para-hydroxylation sites is 1. The summed E-state index contributed by atoms with van der Waals surface area (Å²) in [4.78, 5) is 24.2. The summed E-state index contributed by atoms with van der Waals surface area (Å²) in [7, 11) is 1.38. The first-order valence-electron chi connectivity index (χ1n) is 8.41. The smallest absolute Gasteiger partial charge is 0.418 e. The van der Waals surface area contributed by atoms with Gasteiger partial charge in [-0.2, -0.15) is 13.2 Å². The number of halogens is 4. The van der Waals surface area contributed by atoms with Crippen molar-refractivity contribution < 1.29 is 37.0 Å². The number of alkyl halides is 3. The second-order valence-corrected chi connectivity index (χ2v) is 6.16. The van der Waals surface area contributed by atoms with Crippen LogP contribution in [0.4, 0.5) is 18.9 Å². The summed E-state index contributed by atoms with van der Waals surface area (Å²) in [6.07, 6.45) is -3.19. The molecule has 1 amide bonds. The van der Waals surface area contributed by atoms with E-state index in [0.29, 0.717) is 5.75 Å². The predicted octanol–water partition coefficient (Wildman–Crippen LogP) is 4.73. The minimum Gasteiger partial charge on any atom is -0.493 e. The van der Waals surface area contributed by atoms with Crippen molar-refractivity contribution in [2.24, 2.45) is 0 Å². The highest BCUT2D eigenvalue weighted by Crippen LogP contribution is 2.38. The number of carbonyl (C=O) groups is 2. The van der Waals surface area contributed by atoms with Crippen molar-refractivity contribution in [3.05, 3.63) is 65.2 Å². The molecule has 0 atom stereocenters. The number of methoxy groups -OCH3 is 1. The summed E-state index contributed by atoms with van der Waals surface area (Å²) in [6.45, 7) is 2.93. The van der Waals surface area contributed by atoms with Crippen LogP contribution >= 0.6 is 11.6 Å². The van der Waals surface area contributed by atoms with E-state index in [2.05, 4.69) is 6.58 Å². The molecule has 10 heteroatoms. The largest absolute Gasteiger partial charge is 0.493 e. The van der Waals surface area contributed by atoms with Crippen molar-refractivity contribution >= 4 is 29.2 Å². The number of anilines is 1. The van der Waals surface area contributed by atoms with Gasteiger partial charge >= 0.3 is 12.1 Å². The van der Waals surface area contributed by atoms with Crippen molar-refractivity contribution in [1.82, 2.24) is 0 Å². The summed E-state index contributed by atoms with van der Waals surface area (Å²) in [5, 5.41) is 1.72. The molecular formula is C20H17ClF3NO5. The lowest BCUT2D eigenvalue weighted by atomic mass is 10.1. The zero-order valence-corrected chi connectivity index (χ0v) is 16.5. The van der Waals surface area contributed by atoms with E-state index in [-0.39, 0.29) is 22.9 Å². The van der Waals surface area contributed by atoms with E-state index in [1.54, 1.807) is 0 Å². The van der Waals surface area contributed by atoms with Crippen LogP contribution in [0.1, 0.15) is 15.9 Å². The fraction of sp³-hybridized carbons (Fsp3) is 0.200. The Hall–Kier alpha value is -3.20. The molecule has 0 aromatic heterocycles. The Morgan fingerprint density at radius 3 is 2.57 bits per heavy atom. The minimum absolute atomic E-state index is 0.0549. The number of hydrogen-bond donors (Lipinski definition) is 1. The van der Waals surface area contributed by atoms with Gasteiger partial charge in [0.2, 0.25) is 0 Å². The fourth-order valence-electron chi connectivity index (χ4n) is 2.34. The first-order chi connectivity index (χ1) is 14.2. The van der Waals surface area contributed by atoms with Gasteiger partial charge in [0.1, 0.15) is 6.61 Å². The normalized spacial score (nSPS) is 10.8. The van der Waals surface area contributed by atoms with Gasteiger partial charge in [0.15, 0.2) is 18.1 Å². The predicted molar refractivity (Wildman–Crippen MR) is 104 cm³/mol. The van der Waals surface area contributed by atoms with Crippen LogP contribution < -0.4 is 14.8 Å². The maximum absolute atomic E-state index is 13.1. The fourth-order valence-corrected chi connectivity index (χ4v) is 2.56. The van der Waals surface area contributed by atoms with Gasteiger partial charge < -0.3 is 19.5 Å². The Kier molecular flexibility index (Phi) is 7.71. The van der Waals surface area contributed by atoms with Crippen LogP contribution in [0, 0.1) is 0 Å². The Morgan fingerprint density at radius 1 is 1.20 bits per heavy atom. The highest BCUT2D eigenvalue weighted by atomic mass is 35.5. The third-order valence-corrected chi connectivity index (χ3v) is 3.99. The summed E-state index contributed by atoms with van der Waals surface area (Å²) in [6, 6.07) is 7.27. The Morgan fingerprint density at radius 2 is 1.93 bits per heavy atom. The average Bonchev–Trinajstić information content (AvgIpc) is 2.70. The summed E-state index contributed by atoms with van der Waals surface area (Å²) < 4.78 is 54.6. The highest BCUT2D eigenvalue weighted by molar-refractivity contribution is 6.34. The lowest BCUT2D eigenvalue weighted by Crippen LogP contribution is -2.23. The van der Waals surface area contributed by atoms with E-state index in [0.717, 1.165) is 12.1 Å². The van der Waals surface area contributed by atoms with Crippen LogP contribution in [0.15, 0.2) is 49.1 Å². The molecule has 30 heavy (non-hydrogen) atoms. The molecule has 0 heterocycles. The molecule has 0 saturated heterocycles. The van der Waals surface area contributed by atoms with Crippen LogP contribution in [0.25, 0.3) is 0 Å². The van der Waals surface area contributed by atoms with Crippen LogP contribution in [-0.4, -0.2) is 32.2 Å². The van der Waals surface area contributed by atoms with E-state index < -0.39 is 35.9 Å². The zero-order valence-electron chi connectivity index (χ0n) is 15.7. The van der Waals surface area contributed by atoms with Gasteiger partial charge in [-0.15, -0.1) is 0 Å². The number of rotatable bonds is 8. The second kappa shape index (κ2) is 10.0. The van der Waals surface area contributed by atoms with Crippen molar-refractivity contribution in [3.8, 4) is 11.5 Å². The molecule has 1 N–H and O–H groups in total. The summed E-state index contributed by atoms with van der Waals surface area (Å²) in [5.41, 5.74) is -1.67. The standard InChI is InChI=1S/C20H17ClF3NO5/c1-3-9-29-15-8-7-12(10-16(15)28-2)19(27)30-11-17(26)25-18-13(20(22,23)24)5-4-6-14(18)21/h3-8,10H,1,9,11H2,2H3,(H,25,26). The van der Waals surface area contributed by atoms with Gasteiger partial charge in [-0.1, -0.05) is 30.3 Å². The first kappa shape index (κ1) is 23.1. The van der Waals surface area contributed by atoms with E-state index in [1.165, 1.54) is 37.5 Å². The van der Waals surface area contributed by atoms with Gasteiger partial charge in [-0.25, -0.2) is 4.79 Å². The first-order valence-corrected chi connectivity index (χ1v) is 8.79. The molecule has 0 saturated carbocycles. The molecular weight excluding hydrogens is 427 g/mol. The molecule has 2 aromatic rings. The number of esters is 1. The van der Waals surface area contributed by atoms with Gasteiger partial charge in [-0.05, 0) is 30.3 Å². The molecule has 0 fully saturated rings. The number of ether oxygens (including phenoxy) is 3. The van der Waals surface area contributed by atoms with Crippen LogP contribution in [-0.2, 0) is 15.7 Å². The van der Waals surface area contributed by atoms with Crippen molar-refractivity contribution in [3.63, 3.8) is 0 Å². The molecule has 160 valence electrons. The zero-order chi connectivity index (χ0) is 22.3. The van der Waals surface area contributed by atoms with Crippen LogP contribution in [0.3, 0.4) is 0 Å². The van der Waals surface area contributed by atoms with E-state index >= 15 is 0 Å². The lowest BCUT2D eigenvalue weighted by Gasteiger charge is -2.15. The van der Waals surface area contributed by atoms with Gasteiger partial charge in [0, 0.05) is 0 Å². The SMILES string of the molecule is C=CCOc1ccc(C(=O)OCC(=O)Nc2c(Cl)cccc2C(F)(F)F)cc1OC. The minimum atomic E-state index is -4.73. The molecule has 0 bridgehead atoms. The Bertz CT molecular complexity index is 947. The topological polar surface area (TPSA) is 73.9 Å². The van der Waals surface area contributed by atoms with Crippen LogP contribution in [0.2, 0.25) is 5.02 Å². The molecule has 0 unspecified atom stereocenters. The number of nitrogens with one attached hydrogen (secondary N) is 1. The number of carbonyl (C=O) groups excluding carboxylic acids is 2. The number of benzene rings is 2. The van der Waals surface area contributed by atoms with Gasteiger partial charge in [-0.3, -0.25) is 4.79 Å². The van der Waals surface area contributed by atoms with E-state index in [9.17, 15) is 22.8 Å². The summed E-state index contributed by atoms with van der Waals surface area (Å²) >= 11 is 5.77. The quantitative estimate of drug-likeness (QED) is 0.471. The van der Waals surface area contributed by atoms with Crippen molar-refractivity contribution in [2.75, 3.05) is 25.6 Å². The van der Waals surface area contributed by atoms with Crippen LogP contribution in [0.5, 0.6) is 11.5 Å². The average molecular weight is 444 g/mol. The van der Waals surface area contributed by atoms with Gasteiger partial charge in [0.05, 0.1) is 28.9 Å². The van der Waals surface area contributed by atoms with Crippen molar-refractivity contribution in [1.29, 1.82) is 0 Å². The molecule has 2 aromatic carbocycles. The highest BCUT2D eigenvalue weighted by Gasteiger charge is 2.34. The van der Waals surface area contributed by atoms with E-state index in [4.69, 9.17) is 25.8 Å². The Labute approximate surface area is 175 Å². The van der Waals surface area contributed by atoms with Crippen molar-refractivity contribution in [2.45, 2.75) is 6.18 Å². The maximum Gasteiger partial charge on any atom is 0.418 e. The number of amides is 1. The maximum atomic E-state index is 13.1. The molecule has 0 spiro atoms. The molecule has 0 aliphatic heterocycles. The monoisotopic (exact) mass is 443 g/mol. The molecule has 0 radical (unpaired) electrons. The Balaban J connectivity index is 2.05. The number of hydrogen-bond acceptors (Lipinski definition) is 5. The van der Waals surface area contributed by atoms with E-state index in [1.807, 2.05) is 5.32 Å². The van der Waals surface area contributed by atoms with Gasteiger partial charge in [0.25, 0.3) is 5.91 Å². The summed E-state index contributed by atoms with van der Waals surface area (Å²) in [5.74, 6) is -1.25. The third-order valence-electron chi connectivity index (χ3n) is 3.67.